The summed E-state index contributed by atoms with van der Waals surface area (Å²) in [5.74, 6) is -7.07. The minimum absolute atomic E-state index is 0.0188. The molecule has 2 saturated carbocycles. The number of carbonyl (C=O) groups excluding carboxylic acids is 6. The fourth-order valence-corrected chi connectivity index (χ4v) is 6.13. The Bertz CT molecular complexity index is 1130. The molecule has 0 radical (unpaired) electrons. The van der Waals surface area contributed by atoms with Gasteiger partial charge in [0.2, 0.25) is 0 Å². The van der Waals surface area contributed by atoms with Crippen LogP contribution in [0.15, 0.2) is 36.5 Å². The Morgan fingerprint density at radius 3 is 1.20 bits per heavy atom. The van der Waals surface area contributed by atoms with E-state index in [-0.39, 0.29) is 24.7 Å². The molecule has 0 amide bonds. The standard InChI is InChI=1S/C30H36O10/c1-27(2,3)39-25(35)29(15-17-7-9-19(29)13-17)23(33)37-21(31)11-12-22(32)38-24(34)30(26(36)40-28(4,5)6)16-18-8-10-20(30)14-18/h7-12,17-20H,13-16H2,1-6H3. The van der Waals surface area contributed by atoms with Crippen LogP contribution in [0.3, 0.4) is 0 Å². The van der Waals surface area contributed by atoms with Crippen molar-refractivity contribution in [1.29, 1.82) is 0 Å². The fourth-order valence-electron chi connectivity index (χ4n) is 6.13. The van der Waals surface area contributed by atoms with Gasteiger partial charge in [0.05, 0.1) is 0 Å². The maximum atomic E-state index is 13.2. The average Bonchev–Trinajstić information content (AvgIpc) is 3.61. The predicted molar refractivity (Wildman–Crippen MR) is 139 cm³/mol. The van der Waals surface area contributed by atoms with Crippen molar-refractivity contribution in [3.8, 4) is 0 Å². The number of carbonyl (C=O) groups is 6. The molecule has 40 heavy (non-hydrogen) atoms. The van der Waals surface area contributed by atoms with Gasteiger partial charge < -0.3 is 18.9 Å². The maximum absolute atomic E-state index is 13.2. The first-order valence-electron chi connectivity index (χ1n) is 13.5. The molecule has 4 rings (SSSR count). The minimum Gasteiger partial charge on any atom is -0.459 e. The number of ether oxygens (including phenoxy) is 4. The van der Waals surface area contributed by atoms with Crippen molar-refractivity contribution in [2.24, 2.45) is 34.5 Å². The van der Waals surface area contributed by atoms with E-state index in [1.807, 2.05) is 12.2 Å². The van der Waals surface area contributed by atoms with Crippen molar-refractivity contribution in [2.45, 2.75) is 78.4 Å². The second-order valence-electron chi connectivity index (χ2n) is 13.1. The van der Waals surface area contributed by atoms with Crippen LogP contribution >= 0.6 is 0 Å². The van der Waals surface area contributed by atoms with Crippen molar-refractivity contribution < 1.29 is 47.7 Å². The third-order valence-electron chi connectivity index (χ3n) is 7.78. The van der Waals surface area contributed by atoms with Crippen molar-refractivity contribution >= 4 is 35.8 Å². The number of hydrogen-bond donors (Lipinski definition) is 0. The Balaban J connectivity index is 1.42. The number of fused-ring (bicyclic) bond motifs is 4. The first-order valence-corrected chi connectivity index (χ1v) is 13.5. The second kappa shape index (κ2) is 10.1. The molecule has 0 heterocycles. The summed E-state index contributed by atoms with van der Waals surface area (Å²) in [4.78, 5) is 77.4. The first kappa shape index (κ1) is 29.4. The van der Waals surface area contributed by atoms with Gasteiger partial charge in [0.1, 0.15) is 11.2 Å². The lowest BCUT2D eigenvalue weighted by molar-refractivity contribution is -0.185. The summed E-state index contributed by atoms with van der Waals surface area (Å²) in [6.07, 6.45) is 10.1. The van der Waals surface area contributed by atoms with E-state index >= 15 is 0 Å². The van der Waals surface area contributed by atoms with Gasteiger partial charge in [-0.25, -0.2) is 9.59 Å². The van der Waals surface area contributed by atoms with Gasteiger partial charge in [-0.05, 0) is 79.1 Å². The third-order valence-corrected chi connectivity index (χ3v) is 7.78. The van der Waals surface area contributed by atoms with E-state index in [1.165, 1.54) is 0 Å². The van der Waals surface area contributed by atoms with E-state index in [9.17, 15) is 28.8 Å². The maximum Gasteiger partial charge on any atom is 0.338 e. The van der Waals surface area contributed by atoms with Crippen LogP contribution in [0.1, 0.15) is 67.2 Å². The zero-order valence-electron chi connectivity index (χ0n) is 23.7. The smallest absolute Gasteiger partial charge is 0.338 e. The Morgan fingerprint density at radius 1 is 0.600 bits per heavy atom. The number of rotatable bonds is 6. The summed E-state index contributed by atoms with van der Waals surface area (Å²) < 4.78 is 20.9. The molecule has 2 fully saturated rings. The lowest BCUT2D eigenvalue weighted by atomic mass is 9.75. The fraction of sp³-hybridized carbons (Fsp3) is 0.600. The molecule has 4 bridgehead atoms. The van der Waals surface area contributed by atoms with Crippen LogP contribution in [-0.4, -0.2) is 47.0 Å². The SMILES string of the molecule is CC(C)(C)OC(=O)C1(C(=O)OC(=O)C=CC(=O)OC(=O)C2(C(=O)OC(C)(C)C)CC3C=CC2C3)CC2C=CC1C2. The topological polar surface area (TPSA) is 139 Å². The summed E-state index contributed by atoms with van der Waals surface area (Å²) in [5, 5.41) is 0. The van der Waals surface area contributed by atoms with Gasteiger partial charge in [0.25, 0.3) is 0 Å². The van der Waals surface area contributed by atoms with Crippen molar-refractivity contribution in [3.63, 3.8) is 0 Å². The van der Waals surface area contributed by atoms with Crippen molar-refractivity contribution in [3.05, 3.63) is 36.5 Å². The molecule has 0 aromatic carbocycles. The number of hydrogen-bond acceptors (Lipinski definition) is 10. The van der Waals surface area contributed by atoms with E-state index in [1.54, 1.807) is 53.7 Å². The third kappa shape index (κ3) is 5.53. The molecule has 0 saturated heterocycles. The molecule has 6 atom stereocenters. The van der Waals surface area contributed by atoms with Crippen LogP contribution in [-0.2, 0) is 47.7 Å². The first-order chi connectivity index (χ1) is 18.5. The molecular formula is C30H36O10. The summed E-state index contributed by atoms with van der Waals surface area (Å²) in [6, 6.07) is 0. The molecule has 216 valence electrons. The van der Waals surface area contributed by atoms with Gasteiger partial charge in [-0.15, -0.1) is 0 Å². The molecule has 0 aromatic heterocycles. The molecule has 0 N–H and O–H groups in total. The molecule has 0 spiro atoms. The Labute approximate surface area is 233 Å². The highest BCUT2D eigenvalue weighted by atomic mass is 16.6. The highest BCUT2D eigenvalue weighted by Gasteiger charge is 2.63. The Kier molecular flexibility index (Phi) is 7.45. The normalized spacial score (nSPS) is 31.9. The monoisotopic (exact) mass is 556 g/mol. The van der Waals surface area contributed by atoms with Gasteiger partial charge in [-0.2, -0.15) is 0 Å². The van der Waals surface area contributed by atoms with Crippen LogP contribution in [0.5, 0.6) is 0 Å². The quantitative estimate of drug-likeness (QED) is 0.157. The Morgan fingerprint density at radius 2 is 0.950 bits per heavy atom. The zero-order valence-corrected chi connectivity index (χ0v) is 23.7. The van der Waals surface area contributed by atoms with Gasteiger partial charge in [0, 0.05) is 24.0 Å². The van der Waals surface area contributed by atoms with Crippen LogP contribution in [0.25, 0.3) is 0 Å². The van der Waals surface area contributed by atoms with E-state index in [0.717, 1.165) is 0 Å². The van der Waals surface area contributed by atoms with Gasteiger partial charge in [0.15, 0.2) is 10.8 Å². The molecule has 0 aliphatic heterocycles. The van der Waals surface area contributed by atoms with Crippen LogP contribution in [0, 0.1) is 34.5 Å². The van der Waals surface area contributed by atoms with Crippen molar-refractivity contribution in [2.75, 3.05) is 0 Å². The predicted octanol–water partition coefficient (Wildman–Crippen LogP) is 3.53. The van der Waals surface area contributed by atoms with E-state index < -0.39 is 69.7 Å². The number of esters is 6. The van der Waals surface area contributed by atoms with Crippen LogP contribution < -0.4 is 0 Å². The van der Waals surface area contributed by atoms with E-state index in [4.69, 9.17) is 18.9 Å². The lowest BCUT2D eigenvalue weighted by Gasteiger charge is -2.33. The highest BCUT2D eigenvalue weighted by molar-refractivity contribution is 6.09. The molecule has 6 unspecified atom stereocenters. The second-order valence-corrected chi connectivity index (χ2v) is 13.1. The van der Waals surface area contributed by atoms with Gasteiger partial charge >= 0.3 is 35.8 Å². The van der Waals surface area contributed by atoms with Gasteiger partial charge in [-0.1, -0.05) is 24.3 Å². The van der Waals surface area contributed by atoms with E-state index in [2.05, 4.69) is 0 Å². The average molecular weight is 557 g/mol. The molecule has 0 aromatic rings. The lowest BCUT2D eigenvalue weighted by Crippen LogP contribution is -2.48. The zero-order chi connectivity index (χ0) is 29.7. The summed E-state index contributed by atoms with van der Waals surface area (Å²) in [6.45, 7) is 10.0. The molecule has 10 heteroatoms. The summed E-state index contributed by atoms with van der Waals surface area (Å²) >= 11 is 0. The largest absolute Gasteiger partial charge is 0.459 e. The molecule has 4 aliphatic rings. The highest BCUT2D eigenvalue weighted by Crippen LogP contribution is 2.55. The summed E-state index contributed by atoms with van der Waals surface area (Å²) in [7, 11) is 0. The molecule has 10 nitrogen and oxygen atoms in total. The van der Waals surface area contributed by atoms with Crippen LogP contribution in [0.2, 0.25) is 0 Å². The van der Waals surface area contributed by atoms with E-state index in [0.29, 0.717) is 25.0 Å². The molecule has 4 aliphatic carbocycles. The molecular weight excluding hydrogens is 520 g/mol. The van der Waals surface area contributed by atoms with Crippen molar-refractivity contribution in [1.82, 2.24) is 0 Å². The Hall–Kier alpha value is -3.56. The van der Waals surface area contributed by atoms with Crippen LogP contribution in [0.4, 0.5) is 0 Å². The number of allylic oxidation sites excluding steroid dienone is 4. The summed E-state index contributed by atoms with van der Waals surface area (Å²) in [5.41, 5.74) is -5.05. The minimum atomic E-state index is -1.66. The van der Waals surface area contributed by atoms with Gasteiger partial charge in [-0.3, -0.25) is 19.2 Å².